The summed E-state index contributed by atoms with van der Waals surface area (Å²) in [5.41, 5.74) is 2.43. The molecule has 0 saturated carbocycles. The van der Waals surface area contributed by atoms with Gasteiger partial charge in [0.1, 0.15) is 10.5 Å². The summed E-state index contributed by atoms with van der Waals surface area (Å²) in [6.07, 6.45) is 2.96. The van der Waals surface area contributed by atoms with Crippen molar-refractivity contribution in [3.05, 3.63) is 39.2 Å². The SMILES string of the molecule is COC(=O)c1c(NC(=S)Nc2nc3c(Cl)cccc3s2)sc2c1CCC2. The van der Waals surface area contributed by atoms with Gasteiger partial charge < -0.3 is 15.4 Å². The molecule has 0 aliphatic heterocycles. The van der Waals surface area contributed by atoms with Crippen molar-refractivity contribution in [2.45, 2.75) is 19.3 Å². The number of anilines is 2. The zero-order chi connectivity index (χ0) is 18.3. The van der Waals surface area contributed by atoms with Crippen LogP contribution in [0.25, 0.3) is 10.2 Å². The average molecular weight is 424 g/mol. The van der Waals surface area contributed by atoms with Gasteiger partial charge in [-0.2, -0.15) is 0 Å². The standard InChI is InChI=1S/C17H14ClN3O2S3/c1-23-15(22)12-8-4-2-6-10(8)25-14(12)20-16(24)21-17-19-13-9(18)5-3-7-11(13)26-17/h3,5,7H,2,4,6H2,1H3,(H2,19,20,21,24). The number of nitrogens with one attached hydrogen (secondary N) is 2. The molecule has 0 atom stereocenters. The van der Waals surface area contributed by atoms with Gasteiger partial charge in [0.2, 0.25) is 0 Å². The van der Waals surface area contributed by atoms with Crippen molar-refractivity contribution in [3.63, 3.8) is 0 Å². The number of para-hydroxylation sites is 1. The number of halogens is 1. The van der Waals surface area contributed by atoms with Crippen LogP contribution in [-0.4, -0.2) is 23.2 Å². The molecule has 3 aromatic rings. The van der Waals surface area contributed by atoms with Crippen molar-refractivity contribution >= 4 is 77.9 Å². The van der Waals surface area contributed by atoms with E-state index in [0.717, 1.165) is 40.0 Å². The van der Waals surface area contributed by atoms with Crippen LogP contribution in [0.5, 0.6) is 0 Å². The number of nitrogens with zero attached hydrogens (tertiary/aromatic N) is 1. The van der Waals surface area contributed by atoms with Crippen molar-refractivity contribution < 1.29 is 9.53 Å². The molecule has 0 saturated heterocycles. The van der Waals surface area contributed by atoms with Gasteiger partial charge in [0.25, 0.3) is 0 Å². The molecule has 26 heavy (non-hydrogen) atoms. The van der Waals surface area contributed by atoms with Crippen LogP contribution in [0.15, 0.2) is 18.2 Å². The zero-order valence-electron chi connectivity index (χ0n) is 13.7. The number of hydrogen-bond acceptors (Lipinski definition) is 6. The lowest BCUT2D eigenvalue weighted by atomic mass is 10.1. The summed E-state index contributed by atoms with van der Waals surface area (Å²) in [5.74, 6) is -0.332. The summed E-state index contributed by atoms with van der Waals surface area (Å²) in [5, 5.41) is 8.57. The normalized spacial score (nSPS) is 12.8. The second-order valence-electron chi connectivity index (χ2n) is 5.74. The Morgan fingerprint density at radius 3 is 2.92 bits per heavy atom. The van der Waals surface area contributed by atoms with E-state index < -0.39 is 0 Å². The van der Waals surface area contributed by atoms with Crippen molar-refractivity contribution in [2.24, 2.45) is 0 Å². The van der Waals surface area contributed by atoms with Crippen molar-refractivity contribution in [2.75, 3.05) is 17.7 Å². The largest absolute Gasteiger partial charge is 0.465 e. The van der Waals surface area contributed by atoms with Gasteiger partial charge in [0.15, 0.2) is 10.2 Å². The number of thiazole rings is 1. The number of aromatic nitrogens is 1. The van der Waals surface area contributed by atoms with E-state index in [1.54, 1.807) is 17.4 Å². The van der Waals surface area contributed by atoms with Crippen LogP contribution >= 0.6 is 46.5 Å². The second-order valence-corrected chi connectivity index (χ2v) is 8.69. The van der Waals surface area contributed by atoms with Crippen molar-refractivity contribution in [3.8, 4) is 0 Å². The van der Waals surface area contributed by atoms with Crippen molar-refractivity contribution in [1.82, 2.24) is 4.98 Å². The van der Waals surface area contributed by atoms with Crippen LogP contribution in [0.2, 0.25) is 5.02 Å². The minimum absolute atomic E-state index is 0.332. The van der Waals surface area contributed by atoms with E-state index in [1.165, 1.54) is 23.3 Å². The summed E-state index contributed by atoms with van der Waals surface area (Å²) in [7, 11) is 1.40. The minimum Gasteiger partial charge on any atom is -0.465 e. The Hall–Kier alpha value is -1.74. The molecule has 2 aromatic heterocycles. The van der Waals surface area contributed by atoms with Crippen molar-refractivity contribution in [1.29, 1.82) is 0 Å². The Morgan fingerprint density at radius 1 is 1.31 bits per heavy atom. The lowest BCUT2D eigenvalue weighted by Gasteiger charge is -2.09. The molecule has 5 nitrogen and oxygen atoms in total. The molecule has 9 heteroatoms. The smallest absolute Gasteiger partial charge is 0.341 e. The van der Waals surface area contributed by atoms with E-state index in [0.29, 0.717) is 20.8 Å². The molecule has 2 N–H and O–H groups in total. The molecular formula is C17H14ClN3O2S3. The van der Waals surface area contributed by atoms with Crippen LogP contribution in [0.4, 0.5) is 10.1 Å². The summed E-state index contributed by atoms with van der Waals surface area (Å²) in [4.78, 5) is 17.9. The quantitative estimate of drug-likeness (QED) is 0.451. The molecule has 1 aliphatic rings. The maximum Gasteiger partial charge on any atom is 0.341 e. The number of carbonyl (C=O) groups is 1. The first-order valence-corrected chi connectivity index (χ1v) is 10.3. The molecule has 4 rings (SSSR count). The van der Waals surface area contributed by atoms with Crippen LogP contribution in [0.3, 0.4) is 0 Å². The minimum atomic E-state index is -0.332. The number of fused-ring (bicyclic) bond motifs is 2. The molecule has 0 radical (unpaired) electrons. The fraction of sp³-hybridized carbons (Fsp3) is 0.235. The summed E-state index contributed by atoms with van der Waals surface area (Å²) in [6, 6.07) is 5.65. The molecule has 1 aromatic carbocycles. The molecule has 0 amide bonds. The lowest BCUT2D eigenvalue weighted by Crippen LogP contribution is -2.20. The maximum atomic E-state index is 12.2. The molecule has 0 spiro atoms. The fourth-order valence-electron chi connectivity index (χ4n) is 3.01. The van der Waals surface area contributed by atoms with Gasteiger partial charge >= 0.3 is 5.97 Å². The molecule has 1 aliphatic carbocycles. The number of ether oxygens (including phenoxy) is 1. The van der Waals surface area contributed by atoms with Gasteiger partial charge in [-0.25, -0.2) is 9.78 Å². The summed E-state index contributed by atoms with van der Waals surface area (Å²) in [6.45, 7) is 0. The fourth-order valence-corrected chi connectivity index (χ4v) is 5.79. The molecule has 0 fully saturated rings. The second kappa shape index (κ2) is 7.11. The molecule has 2 heterocycles. The average Bonchev–Trinajstić information content (AvgIpc) is 3.28. The Morgan fingerprint density at radius 2 is 2.15 bits per heavy atom. The van der Waals surface area contributed by atoms with Gasteiger partial charge in [0.05, 0.1) is 22.4 Å². The number of methoxy groups -OCH3 is 1. The molecule has 0 unspecified atom stereocenters. The third-order valence-electron chi connectivity index (χ3n) is 4.13. The molecule has 134 valence electrons. The number of hydrogen-bond donors (Lipinski definition) is 2. The van der Waals surface area contributed by atoms with E-state index >= 15 is 0 Å². The highest BCUT2D eigenvalue weighted by Crippen LogP contribution is 2.39. The maximum absolute atomic E-state index is 12.2. The molecule has 0 bridgehead atoms. The topological polar surface area (TPSA) is 63.2 Å². The first-order valence-electron chi connectivity index (χ1n) is 7.92. The van der Waals surface area contributed by atoms with Crippen LogP contribution < -0.4 is 10.6 Å². The monoisotopic (exact) mass is 423 g/mol. The Balaban J connectivity index is 1.56. The van der Waals surface area contributed by atoms with Gasteiger partial charge in [-0.1, -0.05) is 29.0 Å². The number of thiocarbonyl (C=S) groups is 1. The Kier molecular flexibility index (Phi) is 4.83. The van der Waals surface area contributed by atoms with E-state index in [9.17, 15) is 4.79 Å². The van der Waals surface area contributed by atoms with E-state index in [2.05, 4.69) is 15.6 Å². The van der Waals surface area contributed by atoms with Crippen LogP contribution in [0.1, 0.15) is 27.2 Å². The number of esters is 1. The number of benzene rings is 1. The Labute approximate surface area is 168 Å². The lowest BCUT2D eigenvalue weighted by molar-refractivity contribution is 0.0601. The highest BCUT2D eigenvalue weighted by molar-refractivity contribution is 7.80. The predicted octanol–water partition coefficient (Wildman–Crippen LogP) is 5.10. The van der Waals surface area contributed by atoms with Gasteiger partial charge in [-0.05, 0) is 49.2 Å². The number of aryl methyl sites for hydroxylation is 1. The number of carbonyl (C=O) groups excluding carboxylic acids is 1. The number of rotatable bonds is 3. The highest BCUT2D eigenvalue weighted by atomic mass is 35.5. The molecular weight excluding hydrogens is 410 g/mol. The van der Waals surface area contributed by atoms with E-state index in [4.69, 9.17) is 28.6 Å². The number of thiophene rings is 1. The van der Waals surface area contributed by atoms with Gasteiger partial charge in [-0.3, -0.25) is 0 Å². The van der Waals surface area contributed by atoms with E-state index in [-0.39, 0.29) is 5.97 Å². The van der Waals surface area contributed by atoms with Gasteiger partial charge in [-0.15, -0.1) is 11.3 Å². The Bertz CT molecular complexity index is 1030. The zero-order valence-corrected chi connectivity index (χ0v) is 16.9. The van der Waals surface area contributed by atoms with Gasteiger partial charge in [0, 0.05) is 4.88 Å². The van der Waals surface area contributed by atoms with E-state index in [1.807, 2.05) is 12.1 Å². The first-order chi connectivity index (χ1) is 12.6. The summed E-state index contributed by atoms with van der Waals surface area (Å²) >= 11 is 14.6. The predicted molar refractivity (Wildman–Crippen MR) is 112 cm³/mol. The third kappa shape index (κ3) is 3.18. The summed E-state index contributed by atoms with van der Waals surface area (Å²) < 4.78 is 5.93. The third-order valence-corrected chi connectivity index (χ3v) is 6.78. The first kappa shape index (κ1) is 17.7. The van der Waals surface area contributed by atoms with Crippen LogP contribution in [-0.2, 0) is 17.6 Å². The van der Waals surface area contributed by atoms with Crippen LogP contribution in [0, 0.1) is 0 Å². The highest BCUT2D eigenvalue weighted by Gasteiger charge is 2.27.